The van der Waals surface area contributed by atoms with Crippen LogP contribution < -0.4 is 11.1 Å². The number of nitrogen functional groups attached to an aromatic ring is 1. The molecule has 1 saturated carbocycles. The fourth-order valence-electron chi connectivity index (χ4n) is 1.90. The van der Waals surface area contributed by atoms with E-state index in [0.717, 1.165) is 18.7 Å². The number of hydrogen-bond acceptors (Lipinski definition) is 5. The highest BCUT2D eigenvalue weighted by molar-refractivity contribution is 6.33. The molecule has 0 radical (unpaired) electrons. The van der Waals surface area contributed by atoms with Gasteiger partial charge >= 0.3 is 0 Å². The second-order valence-electron chi connectivity index (χ2n) is 4.74. The summed E-state index contributed by atoms with van der Waals surface area (Å²) in [5.41, 5.74) is 7.00. The molecular formula is C14H12ClN5. The van der Waals surface area contributed by atoms with E-state index in [4.69, 9.17) is 22.6 Å². The monoisotopic (exact) mass is 285 g/mol. The summed E-state index contributed by atoms with van der Waals surface area (Å²) in [6.07, 6.45) is 2.22. The molecular weight excluding hydrogens is 274 g/mol. The molecule has 6 heteroatoms. The third kappa shape index (κ3) is 2.65. The van der Waals surface area contributed by atoms with Crippen LogP contribution in [0, 0.1) is 11.3 Å². The van der Waals surface area contributed by atoms with Crippen LogP contribution in [-0.4, -0.2) is 9.97 Å². The molecule has 1 aliphatic carbocycles. The summed E-state index contributed by atoms with van der Waals surface area (Å²) < 4.78 is 0. The van der Waals surface area contributed by atoms with E-state index in [1.165, 1.54) is 0 Å². The van der Waals surface area contributed by atoms with E-state index in [1.807, 2.05) is 6.07 Å². The molecule has 1 fully saturated rings. The van der Waals surface area contributed by atoms with Crippen LogP contribution in [0.25, 0.3) is 0 Å². The first kappa shape index (κ1) is 12.7. The van der Waals surface area contributed by atoms with Crippen molar-refractivity contribution in [3.8, 4) is 6.07 Å². The van der Waals surface area contributed by atoms with Crippen molar-refractivity contribution in [2.75, 3.05) is 11.1 Å². The van der Waals surface area contributed by atoms with E-state index in [1.54, 1.807) is 24.3 Å². The Bertz CT molecular complexity index is 703. The van der Waals surface area contributed by atoms with Crippen LogP contribution in [0.2, 0.25) is 5.02 Å². The maximum atomic E-state index is 8.82. The van der Waals surface area contributed by atoms with Gasteiger partial charge in [-0.3, -0.25) is 0 Å². The van der Waals surface area contributed by atoms with E-state index in [-0.39, 0.29) is 0 Å². The summed E-state index contributed by atoms with van der Waals surface area (Å²) in [5.74, 6) is 2.26. The summed E-state index contributed by atoms with van der Waals surface area (Å²) in [5, 5.41) is 12.4. The van der Waals surface area contributed by atoms with Gasteiger partial charge < -0.3 is 11.1 Å². The molecule has 3 N–H and O–H groups in total. The van der Waals surface area contributed by atoms with Crippen molar-refractivity contribution in [3.63, 3.8) is 0 Å². The van der Waals surface area contributed by atoms with Gasteiger partial charge in [-0.2, -0.15) is 5.26 Å². The first-order valence-corrected chi connectivity index (χ1v) is 6.64. The van der Waals surface area contributed by atoms with Crippen molar-refractivity contribution < 1.29 is 0 Å². The van der Waals surface area contributed by atoms with Crippen LogP contribution in [0.3, 0.4) is 0 Å². The normalized spacial score (nSPS) is 13.8. The molecule has 20 heavy (non-hydrogen) atoms. The van der Waals surface area contributed by atoms with Crippen molar-refractivity contribution in [2.24, 2.45) is 0 Å². The lowest BCUT2D eigenvalue weighted by Crippen LogP contribution is -2.03. The highest BCUT2D eigenvalue weighted by Gasteiger charge is 2.27. The third-order valence-electron chi connectivity index (χ3n) is 3.07. The Kier molecular flexibility index (Phi) is 3.17. The first-order valence-electron chi connectivity index (χ1n) is 6.27. The zero-order valence-corrected chi connectivity index (χ0v) is 11.4. The molecule has 2 aromatic rings. The smallest absolute Gasteiger partial charge is 0.136 e. The van der Waals surface area contributed by atoms with Gasteiger partial charge in [-0.25, -0.2) is 9.97 Å². The first-order chi connectivity index (χ1) is 9.65. The van der Waals surface area contributed by atoms with Gasteiger partial charge in [0.25, 0.3) is 0 Å². The minimum Gasteiger partial charge on any atom is -0.384 e. The maximum Gasteiger partial charge on any atom is 0.136 e. The lowest BCUT2D eigenvalue weighted by atomic mass is 10.2. The van der Waals surface area contributed by atoms with E-state index >= 15 is 0 Å². The number of anilines is 3. The van der Waals surface area contributed by atoms with Crippen LogP contribution in [-0.2, 0) is 0 Å². The zero-order chi connectivity index (χ0) is 14.1. The quantitative estimate of drug-likeness (QED) is 0.904. The summed E-state index contributed by atoms with van der Waals surface area (Å²) in [6.45, 7) is 0. The van der Waals surface area contributed by atoms with Crippen molar-refractivity contribution in [2.45, 2.75) is 18.8 Å². The number of nitrogens with zero attached hydrogens (tertiary/aromatic N) is 3. The highest BCUT2D eigenvalue weighted by atomic mass is 35.5. The minimum absolute atomic E-state index is 0.426. The molecule has 1 aromatic heterocycles. The predicted molar refractivity (Wildman–Crippen MR) is 77.9 cm³/mol. The van der Waals surface area contributed by atoms with Crippen LogP contribution in [0.4, 0.5) is 17.3 Å². The van der Waals surface area contributed by atoms with Crippen LogP contribution >= 0.6 is 11.6 Å². The van der Waals surface area contributed by atoms with Crippen LogP contribution in [0.15, 0.2) is 24.3 Å². The number of hydrogen-bond donors (Lipinski definition) is 2. The van der Waals surface area contributed by atoms with Gasteiger partial charge in [0, 0.05) is 12.0 Å². The summed E-state index contributed by atoms with van der Waals surface area (Å²) >= 11 is 6.12. The fraction of sp³-hybridized carbons (Fsp3) is 0.214. The molecule has 1 heterocycles. The molecule has 0 unspecified atom stereocenters. The molecule has 100 valence electrons. The molecule has 0 saturated heterocycles. The largest absolute Gasteiger partial charge is 0.384 e. The SMILES string of the molecule is N#Cc1ccc(Nc2cc(N)nc(C3CC3)n2)c(Cl)c1. The van der Waals surface area contributed by atoms with Crippen molar-refractivity contribution in [1.82, 2.24) is 9.97 Å². The zero-order valence-electron chi connectivity index (χ0n) is 10.6. The standard InChI is InChI=1S/C14H12ClN5/c15-10-5-8(7-16)1-4-11(10)18-13-6-12(17)19-14(20-13)9-2-3-9/h1,4-6,9H,2-3H2,(H3,17,18,19,20). The topological polar surface area (TPSA) is 87.6 Å². The molecule has 1 aromatic carbocycles. The molecule has 0 bridgehead atoms. The van der Waals surface area contributed by atoms with Crippen LogP contribution in [0.1, 0.15) is 30.1 Å². The average Bonchev–Trinajstić information content (AvgIpc) is 3.25. The Hall–Kier alpha value is -2.32. The summed E-state index contributed by atoms with van der Waals surface area (Å²) in [7, 11) is 0. The van der Waals surface area contributed by atoms with E-state index < -0.39 is 0 Å². The number of rotatable bonds is 3. The number of nitriles is 1. The van der Waals surface area contributed by atoms with Crippen molar-refractivity contribution >= 4 is 28.9 Å². The fourth-order valence-corrected chi connectivity index (χ4v) is 2.13. The van der Waals surface area contributed by atoms with Crippen molar-refractivity contribution in [3.05, 3.63) is 40.7 Å². The Labute approximate surface area is 121 Å². The van der Waals surface area contributed by atoms with E-state index in [2.05, 4.69) is 15.3 Å². The second-order valence-corrected chi connectivity index (χ2v) is 5.15. The Morgan fingerprint density at radius 2 is 2.10 bits per heavy atom. The number of aromatic nitrogens is 2. The third-order valence-corrected chi connectivity index (χ3v) is 3.38. The Morgan fingerprint density at radius 1 is 1.30 bits per heavy atom. The molecule has 0 spiro atoms. The van der Waals surface area contributed by atoms with Gasteiger partial charge in [-0.1, -0.05) is 11.6 Å². The van der Waals surface area contributed by atoms with E-state index in [0.29, 0.717) is 33.8 Å². The second kappa shape index (κ2) is 4.99. The van der Waals surface area contributed by atoms with E-state index in [9.17, 15) is 0 Å². The summed E-state index contributed by atoms with van der Waals surface area (Å²) in [4.78, 5) is 8.69. The highest BCUT2D eigenvalue weighted by Crippen LogP contribution is 2.39. The average molecular weight is 286 g/mol. The number of benzene rings is 1. The molecule has 0 aliphatic heterocycles. The number of halogens is 1. The molecule has 0 atom stereocenters. The van der Waals surface area contributed by atoms with Gasteiger partial charge in [0.2, 0.25) is 0 Å². The molecule has 5 nitrogen and oxygen atoms in total. The summed E-state index contributed by atoms with van der Waals surface area (Å²) in [6, 6.07) is 8.76. The van der Waals surface area contributed by atoms with Gasteiger partial charge in [0.05, 0.1) is 22.3 Å². The molecule has 1 aliphatic rings. The number of nitrogens with one attached hydrogen (secondary N) is 1. The molecule has 0 amide bonds. The van der Waals surface area contributed by atoms with Gasteiger partial charge in [-0.15, -0.1) is 0 Å². The predicted octanol–water partition coefficient (Wildman–Crippen LogP) is 3.20. The Balaban J connectivity index is 1.89. The van der Waals surface area contributed by atoms with Gasteiger partial charge in [0.15, 0.2) is 0 Å². The van der Waals surface area contributed by atoms with Crippen LogP contribution in [0.5, 0.6) is 0 Å². The maximum absolute atomic E-state index is 8.82. The molecule has 3 rings (SSSR count). The lowest BCUT2D eigenvalue weighted by molar-refractivity contribution is 0.936. The van der Waals surface area contributed by atoms with Gasteiger partial charge in [-0.05, 0) is 31.0 Å². The Morgan fingerprint density at radius 3 is 2.75 bits per heavy atom. The van der Waals surface area contributed by atoms with Gasteiger partial charge in [0.1, 0.15) is 17.5 Å². The number of nitrogens with two attached hydrogens (primary N) is 1. The van der Waals surface area contributed by atoms with Crippen molar-refractivity contribution in [1.29, 1.82) is 5.26 Å². The lowest BCUT2D eigenvalue weighted by Gasteiger charge is -2.09. The minimum atomic E-state index is 0.426.